The average Bonchev–Trinajstić information content (AvgIpc) is 2.87. The molecule has 5 heteroatoms. The van der Waals surface area contributed by atoms with E-state index >= 15 is 0 Å². The molecule has 0 spiro atoms. The Bertz CT molecular complexity index is 561. The second-order valence-electron chi connectivity index (χ2n) is 4.29. The van der Waals surface area contributed by atoms with E-state index in [4.69, 9.17) is 0 Å². The fraction of sp³-hybridized carbons (Fsp3) is 0.308. The van der Waals surface area contributed by atoms with Gasteiger partial charge in [0.1, 0.15) is 0 Å². The molecule has 0 atom stereocenters. The number of hydrogen-bond acceptors (Lipinski definition) is 4. The number of aromatic nitrogens is 3. The minimum absolute atomic E-state index is 0.201. The Morgan fingerprint density at radius 2 is 2.17 bits per heavy atom. The van der Waals surface area contributed by atoms with Gasteiger partial charge in [0.15, 0.2) is 5.69 Å². The van der Waals surface area contributed by atoms with Crippen LogP contribution in [0, 0.1) is 0 Å². The Hall–Kier alpha value is -2.17. The smallest absolute Gasteiger partial charge is 0.360 e. The molecule has 0 saturated carbocycles. The van der Waals surface area contributed by atoms with Crippen molar-refractivity contribution in [2.24, 2.45) is 0 Å². The molecular formula is C13H15N3O2. The molecule has 1 aromatic carbocycles. The molecule has 0 aliphatic rings. The van der Waals surface area contributed by atoms with Crippen molar-refractivity contribution in [1.82, 2.24) is 15.0 Å². The summed E-state index contributed by atoms with van der Waals surface area (Å²) >= 11 is 0. The van der Waals surface area contributed by atoms with E-state index in [2.05, 4.69) is 35.0 Å². The molecular weight excluding hydrogens is 230 g/mol. The second kappa shape index (κ2) is 5.00. The van der Waals surface area contributed by atoms with Gasteiger partial charge < -0.3 is 4.74 Å². The monoisotopic (exact) mass is 245 g/mol. The zero-order chi connectivity index (χ0) is 13.1. The summed E-state index contributed by atoms with van der Waals surface area (Å²) in [6, 6.07) is 7.97. The van der Waals surface area contributed by atoms with Gasteiger partial charge in [-0.15, -0.1) is 5.10 Å². The third-order valence-electron chi connectivity index (χ3n) is 2.69. The van der Waals surface area contributed by atoms with E-state index in [1.807, 2.05) is 18.2 Å². The lowest BCUT2D eigenvalue weighted by molar-refractivity contribution is 0.0594. The molecule has 0 bridgehead atoms. The molecule has 18 heavy (non-hydrogen) atoms. The van der Waals surface area contributed by atoms with Crippen LogP contribution < -0.4 is 0 Å². The van der Waals surface area contributed by atoms with Gasteiger partial charge in [0.25, 0.3) is 0 Å². The molecule has 1 aromatic heterocycles. The molecule has 0 aliphatic carbocycles. The van der Waals surface area contributed by atoms with Gasteiger partial charge in [-0.1, -0.05) is 31.2 Å². The Balaban J connectivity index is 2.34. The minimum Gasteiger partial charge on any atom is -0.464 e. The Morgan fingerprint density at radius 3 is 2.83 bits per heavy atom. The number of carbonyl (C=O) groups is 1. The van der Waals surface area contributed by atoms with Crippen molar-refractivity contribution in [2.45, 2.75) is 19.8 Å². The summed E-state index contributed by atoms with van der Waals surface area (Å²) < 4.78 is 6.16. The quantitative estimate of drug-likeness (QED) is 0.778. The van der Waals surface area contributed by atoms with Crippen molar-refractivity contribution >= 4 is 5.97 Å². The lowest BCUT2D eigenvalue weighted by Gasteiger charge is -2.07. The zero-order valence-corrected chi connectivity index (χ0v) is 10.6. The molecule has 5 nitrogen and oxygen atoms in total. The molecule has 0 radical (unpaired) electrons. The van der Waals surface area contributed by atoms with E-state index in [1.54, 1.807) is 10.9 Å². The Morgan fingerprint density at radius 1 is 1.39 bits per heavy atom. The van der Waals surface area contributed by atoms with E-state index in [1.165, 1.54) is 12.7 Å². The molecule has 0 N–H and O–H groups in total. The van der Waals surface area contributed by atoms with Crippen molar-refractivity contribution < 1.29 is 9.53 Å². The van der Waals surface area contributed by atoms with Crippen LogP contribution in [0.15, 0.2) is 30.5 Å². The van der Waals surface area contributed by atoms with Crippen LogP contribution >= 0.6 is 0 Å². The number of methoxy groups -OCH3 is 1. The van der Waals surface area contributed by atoms with E-state index in [0.717, 1.165) is 5.69 Å². The molecule has 0 fully saturated rings. The van der Waals surface area contributed by atoms with Crippen LogP contribution in [0.1, 0.15) is 35.8 Å². The highest BCUT2D eigenvalue weighted by molar-refractivity contribution is 5.86. The number of benzene rings is 1. The maximum Gasteiger partial charge on any atom is 0.360 e. The average molecular weight is 245 g/mol. The van der Waals surface area contributed by atoms with Gasteiger partial charge in [0, 0.05) is 0 Å². The summed E-state index contributed by atoms with van der Waals surface area (Å²) in [6.45, 7) is 4.25. The predicted molar refractivity (Wildman–Crippen MR) is 66.8 cm³/mol. The van der Waals surface area contributed by atoms with Gasteiger partial charge in [-0.3, -0.25) is 0 Å². The van der Waals surface area contributed by atoms with Gasteiger partial charge >= 0.3 is 5.97 Å². The Labute approximate surface area is 105 Å². The fourth-order valence-corrected chi connectivity index (χ4v) is 1.61. The summed E-state index contributed by atoms with van der Waals surface area (Å²) in [5.74, 6) is -0.0465. The first-order chi connectivity index (χ1) is 8.61. The fourth-order valence-electron chi connectivity index (χ4n) is 1.61. The molecule has 0 unspecified atom stereocenters. The normalized spacial score (nSPS) is 10.7. The lowest BCUT2D eigenvalue weighted by Crippen LogP contribution is -2.01. The van der Waals surface area contributed by atoms with Gasteiger partial charge in [0.05, 0.1) is 19.0 Å². The van der Waals surface area contributed by atoms with E-state index in [-0.39, 0.29) is 5.69 Å². The maximum atomic E-state index is 11.3. The highest BCUT2D eigenvalue weighted by Gasteiger charge is 2.11. The van der Waals surface area contributed by atoms with Crippen LogP contribution in [0.3, 0.4) is 0 Å². The highest BCUT2D eigenvalue weighted by Crippen LogP contribution is 2.17. The van der Waals surface area contributed by atoms with Gasteiger partial charge in [-0.05, 0) is 23.6 Å². The minimum atomic E-state index is -0.485. The van der Waals surface area contributed by atoms with Gasteiger partial charge in [0.2, 0.25) is 0 Å². The number of nitrogens with zero attached hydrogens (tertiary/aromatic N) is 3. The third-order valence-corrected chi connectivity index (χ3v) is 2.69. The van der Waals surface area contributed by atoms with Crippen molar-refractivity contribution in [2.75, 3.05) is 7.11 Å². The van der Waals surface area contributed by atoms with Crippen LogP contribution in [0.2, 0.25) is 0 Å². The standard InChI is InChI=1S/C13H15N3O2/c1-9(2)10-5-4-6-11(7-10)16-8-12(14-15-16)13(17)18-3/h4-9H,1-3H3. The van der Waals surface area contributed by atoms with Crippen LogP contribution in [0.5, 0.6) is 0 Å². The zero-order valence-electron chi connectivity index (χ0n) is 10.6. The first-order valence-electron chi connectivity index (χ1n) is 5.73. The van der Waals surface area contributed by atoms with Gasteiger partial charge in [-0.25, -0.2) is 9.48 Å². The number of ether oxygens (including phenoxy) is 1. The number of carbonyl (C=O) groups excluding carboxylic acids is 1. The number of rotatable bonds is 3. The largest absolute Gasteiger partial charge is 0.464 e. The predicted octanol–water partition coefficient (Wildman–Crippen LogP) is 2.18. The summed E-state index contributed by atoms with van der Waals surface area (Å²) in [6.07, 6.45) is 1.56. The molecule has 0 saturated heterocycles. The van der Waals surface area contributed by atoms with E-state index in [0.29, 0.717) is 5.92 Å². The van der Waals surface area contributed by atoms with E-state index < -0.39 is 5.97 Å². The highest BCUT2D eigenvalue weighted by atomic mass is 16.5. The number of hydrogen-bond donors (Lipinski definition) is 0. The van der Waals surface area contributed by atoms with E-state index in [9.17, 15) is 4.79 Å². The third kappa shape index (κ3) is 2.40. The van der Waals surface area contributed by atoms with Crippen LogP contribution in [-0.4, -0.2) is 28.1 Å². The number of esters is 1. The SMILES string of the molecule is COC(=O)c1cn(-c2cccc(C(C)C)c2)nn1. The van der Waals surface area contributed by atoms with Crippen molar-refractivity contribution in [3.05, 3.63) is 41.7 Å². The molecule has 0 aliphatic heterocycles. The molecule has 2 aromatic rings. The summed E-state index contributed by atoms with van der Waals surface area (Å²) in [7, 11) is 1.32. The first kappa shape index (κ1) is 12.3. The molecule has 2 rings (SSSR count). The summed E-state index contributed by atoms with van der Waals surface area (Å²) in [5, 5.41) is 7.70. The van der Waals surface area contributed by atoms with Crippen LogP contribution in [0.25, 0.3) is 5.69 Å². The summed E-state index contributed by atoms with van der Waals surface area (Å²) in [5.41, 5.74) is 2.29. The molecule has 94 valence electrons. The second-order valence-corrected chi connectivity index (χ2v) is 4.29. The van der Waals surface area contributed by atoms with Crippen molar-refractivity contribution in [3.8, 4) is 5.69 Å². The first-order valence-corrected chi connectivity index (χ1v) is 5.73. The molecule has 0 amide bonds. The topological polar surface area (TPSA) is 57.0 Å². The van der Waals surface area contributed by atoms with Crippen molar-refractivity contribution in [3.63, 3.8) is 0 Å². The van der Waals surface area contributed by atoms with Crippen molar-refractivity contribution in [1.29, 1.82) is 0 Å². The van der Waals surface area contributed by atoms with Crippen LogP contribution in [0.4, 0.5) is 0 Å². The molecule has 1 heterocycles. The Kier molecular flexibility index (Phi) is 3.41. The lowest BCUT2D eigenvalue weighted by atomic mass is 10.0. The summed E-state index contributed by atoms with van der Waals surface area (Å²) in [4.78, 5) is 11.3. The van der Waals surface area contributed by atoms with Gasteiger partial charge in [-0.2, -0.15) is 0 Å². The maximum absolute atomic E-state index is 11.3. The van der Waals surface area contributed by atoms with Crippen LogP contribution in [-0.2, 0) is 4.74 Å².